The molecule has 0 fully saturated rings. The molecule has 0 saturated heterocycles. The zero-order chi connectivity index (χ0) is 14.4. The molecule has 1 aromatic carbocycles. The van der Waals surface area contributed by atoms with Gasteiger partial charge in [0.05, 0.1) is 11.8 Å². The summed E-state index contributed by atoms with van der Waals surface area (Å²) >= 11 is 0. The summed E-state index contributed by atoms with van der Waals surface area (Å²) in [5.74, 6) is 0.0529. The van der Waals surface area contributed by atoms with Gasteiger partial charge in [-0.3, -0.25) is 9.89 Å². The van der Waals surface area contributed by atoms with Crippen molar-refractivity contribution in [2.45, 2.75) is 19.9 Å². The van der Waals surface area contributed by atoms with E-state index < -0.39 is 0 Å². The van der Waals surface area contributed by atoms with Crippen molar-refractivity contribution in [2.24, 2.45) is 0 Å². The van der Waals surface area contributed by atoms with Crippen molar-refractivity contribution in [3.63, 3.8) is 0 Å². The SMILES string of the molecule is Cc1[nH]ncc1C(=O)N1CCc2[nH]c3ccccc3c2C1. The second-order valence-corrected chi connectivity index (χ2v) is 5.51. The number of rotatable bonds is 1. The van der Waals surface area contributed by atoms with Gasteiger partial charge in [0, 0.05) is 47.4 Å². The van der Waals surface area contributed by atoms with Crippen LogP contribution in [0.4, 0.5) is 0 Å². The lowest BCUT2D eigenvalue weighted by Crippen LogP contribution is -2.35. The van der Waals surface area contributed by atoms with E-state index >= 15 is 0 Å². The van der Waals surface area contributed by atoms with Crippen LogP contribution in [0.2, 0.25) is 0 Å². The molecule has 5 nitrogen and oxygen atoms in total. The van der Waals surface area contributed by atoms with E-state index in [-0.39, 0.29) is 5.91 Å². The lowest BCUT2D eigenvalue weighted by molar-refractivity contribution is 0.0734. The predicted molar refractivity (Wildman–Crippen MR) is 80.1 cm³/mol. The molecule has 2 aromatic heterocycles. The van der Waals surface area contributed by atoms with Gasteiger partial charge in [-0.15, -0.1) is 0 Å². The van der Waals surface area contributed by atoms with Crippen molar-refractivity contribution in [1.29, 1.82) is 0 Å². The average Bonchev–Trinajstić information content (AvgIpc) is 3.09. The highest BCUT2D eigenvalue weighted by Crippen LogP contribution is 2.28. The van der Waals surface area contributed by atoms with E-state index in [0.717, 1.165) is 24.2 Å². The van der Waals surface area contributed by atoms with Crippen molar-refractivity contribution in [2.75, 3.05) is 6.54 Å². The van der Waals surface area contributed by atoms with Gasteiger partial charge in [0.2, 0.25) is 0 Å². The Morgan fingerprint density at radius 1 is 1.33 bits per heavy atom. The van der Waals surface area contributed by atoms with Crippen molar-refractivity contribution < 1.29 is 4.79 Å². The van der Waals surface area contributed by atoms with E-state index in [1.807, 2.05) is 24.0 Å². The van der Waals surface area contributed by atoms with Gasteiger partial charge >= 0.3 is 0 Å². The standard InChI is InChI=1S/C16H16N4O/c1-10-12(8-17-19-10)16(21)20-7-6-15-13(9-20)11-4-2-3-5-14(11)18-15/h2-5,8,18H,6-7,9H2,1H3,(H,17,19). The zero-order valence-electron chi connectivity index (χ0n) is 11.8. The fraction of sp³-hybridized carbons (Fsp3) is 0.250. The van der Waals surface area contributed by atoms with Crippen LogP contribution in [-0.2, 0) is 13.0 Å². The minimum absolute atomic E-state index is 0.0529. The Hall–Kier alpha value is -2.56. The van der Waals surface area contributed by atoms with Gasteiger partial charge in [0.1, 0.15) is 0 Å². The number of hydrogen-bond acceptors (Lipinski definition) is 2. The highest BCUT2D eigenvalue weighted by molar-refractivity contribution is 5.95. The number of nitrogens with zero attached hydrogens (tertiary/aromatic N) is 2. The van der Waals surface area contributed by atoms with Gasteiger partial charge in [0.15, 0.2) is 0 Å². The van der Waals surface area contributed by atoms with E-state index in [1.54, 1.807) is 6.20 Å². The fourth-order valence-electron chi connectivity index (χ4n) is 3.08. The lowest BCUT2D eigenvalue weighted by Gasteiger charge is -2.27. The number of aryl methyl sites for hydroxylation is 1. The molecule has 1 aliphatic rings. The van der Waals surface area contributed by atoms with Crippen LogP contribution in [0.5, 0.6) is 0 Å². The summed E-state index contributed by atoms with van der Waals surface area (Å²) in [4.78, 5) is 18.0. The number of H-pyrrole nitrogens is 2. The molecular weight excluding hydrogens is 264 g/mol. The summed E-state index contributed by atoms with van der Waals surface area (Å²) in [6.45, 7) is 3.27. The number of aromatic nitrogens is 3. The second-order valence-electron chi connectivity index (χ2n) is 5.51. The van der Waals surface area contributed by atoms with E-state index in [9.17, 15) is 4.79 Å². The number of hydrogen-bond donors (Lipinski definition) is 2. The topological polar surface area (TPSA) is 64.8 Å². The Bertz CT molecular complexity index is 830. The number of amides is 1. The first kappa shape index (κ1) is 12.2. The van der Waals surface area contributed by atoms with Crippen LogP contribution >= 0.6 is 0 Å². The summed E-state index contributed by atoms with van der Waals surface area (Å²) in [5.41, 5.74) is 5.13. The molecule has 0 atom stereocenters. The monoisotopic (exact) mass is 280 g/mol. The number of carbonyl (C=O) groups excluding carboxylic acids is 1. The molecule has 21 heavy (non-hydrogen) atoms. The number of para-hydroxylation sites is 1. The molecule has 5 heteroatoms. The molecule has 0 unspecified atom stereocenters. The Balaban J connectivity index is 1.70. The van der Waals surface area contributed by atoms with Crippen molar-refractivity contribution in [3.05, 3.63) is 53.0 Å². The molecule has 1 amide bonds. The highest BCUT2D eigenvalue weighted by atomic mass is 16.2. The van der Waals surface area contributed by atoms with E-state index in [1.165, 1.54) is 16.6 Å². The minimum atomic E-state index is 0.0529. The zero-order valence-corrected chi connectivity index (χ0v) is 11.8. The van der Waals surface area contributed by atoms with E-state index in [2.05, 4.69) is 27.3 Å². The largest absolute Gasteiger partial charge is 0.358 e. The van der Waals surface area contributed by atoms with Gasteiger partial charge in [0.25, 0.3) is 5.91 Å². The summed E-state index contributed by atoms with van der Waals surface area (Å²) in [6, 6.07) is 8.27. The summed E-state index contributed by atoms with van der Waals surface area (Å²) < 4.78 is 0. The van der Waals surface area contributed by atoms with Gasteiger partial charge < -0.3 is 9.88 Å². The van der Waals surface area contributed by atoms with Gasteiger partial charge in [-0.2, -0.15) is 5.10 Å². The lowest BCUT2D eigenvalue weighted by atomic mass is 10.0. The van der Waals surface area contributed by atoms with Gasteiger partial charge in [-0.05, 0) is 13.0 Å². The molecule has 0 saturated carbocycles. The highest BCUT2D eigenvalue weighted by Gasteiger charge is 2.25. The third kappa shape index (κ3) is 1.85. The Kier molecular flexibility index (Phi) is 2.60. The van der Waals surface area contributed by atoms with Crippen LogP contribution in [0.1, 0.15) is 27.3 Å². The maximum absolute atomic E-state index is 12.6. The molecule has 4 rings (SSSR count). The smallest absolute Gasteiger partial charge is 0.257 e. The number of nitrogens with one attached hydrogen (secondary N) is 2. The first-order chi connectivity index (χ1) is 10.2. The predicted octanol–water partition coefficient (Wildman–Crippen LogP) is 2.40. The summed E-state index contributed by atoms with van der Waals surface area (Å²) in [5, 5.41) is 7.99. The number of benzene rings is 1. The molecule has 1 aliphatic heterocycles. The molecule has 106 valence electrons. The molecular formula is C16H16N4O. The molecule has 0 radical (unpaired) electrons. The maximum Gasteiger partial charge on any atom is 0.257 e. The van der Waals surface area contributed by atoms with E-state index in [4.69, 9.17) is 0 Å². The molecule has 3 heterocycles. The van der Waals surface area contributed by atoms with Crippen molar-refractivity contribution >= 4 is 16.8 Å². The average molecular weight is 280 g/mol. The molecule has 2 N–H and O–H groups in total. The summed E-state index contributed by atoms with van der Waals surface area (Å²) in [7, 11) is 0. The first-order valence-electron chi connectivity index (χ1n) is 7.12. The third-order valence-electron chi connectivity index (χ3n) is 4.23. The van der Waals surface area contributed by atoms with Crippen LogP contribution in [0.15, 0.2) is 30.5 Å². The molecule has 3 aromatic rings. The van der Waals surface area contributed by atoms with Crippen LogP contribution in [-0.4, -0.2) is 32.5 Å². The Morgan fingerprint density at radius 3 is 3.00 bits per heavy atom. The molecule has 0 bridgehead atoms. The van der Waals surface area contributed by atoms with Crippen molar-refractivity contribution in [3.8, 4) is 0 Å². The fourth-order valence-corrected chi connectivity index (χ4v) is 3.08. The third-order valence-corrected chi connectivity index (χ3v) is 4.23. The summed E-state index contributed by atoms with van der Waals surface area (Å²) in [6.07, 6.45) is 2.48. The van der Waals surface area contributed by atoms with Crippen molar-refractivity contribution in [1.82, 2.24) is 20.1 Å². The van der Waals surface area contributed by atoms with Gasteiger partial charge in [-0.25, -0.2) is 0 Å². The first-order valence-corrected chi connectivity index (χ1v) is 7.12. The number of carbonyl (C=O) groups is 1. The molecule has 0 aliphatic carbocycles. The Labute approximate surface area is 122 Å². The second kappa shape index (κ2) is 4.48. The van der Waals surface area contributed by atoms with Gasteiger partial charge in [-0.1, -0.05) is 18.2 Å². The quantitative estimate of drug-likeness (QED) is 0.719. The molecule has 0 spiro atoms. The van der Waals surface area contributed by atoms with E-state index in [0.29, 0.717) is 12.1 Å². The minimum Gasteiger partial charge on any atom is -0.358 e. The maximum atomic E-state index is 12.6. The normalized spacial score (nSPS) is 14.4. The number of aromatic amines is 2. The Morgan fingerprint density at radius 2 is 2.19 bits per heavy atom. The van der Waals surface area contributed by atoms with Crippen LogP contribution in [0.25, 0.3) is 10.9 Å². The van der Waals surface area contributed by atoms with Crippen LogP contribution in [0, 0.1) is 6.92 Å². The van der Waals surface area contributed by atoms with Crippen LogP contribution in [0.3, 0.4) is 0 Å². The number of fused-ring (bicyclic) bond motifs is 3. The van der Waals surface area contributed by atoms with Crippen LogP contribution < -0.4 is 0 Å².